The molecule has 3 aromatic rings. The number of sulfonamides is 1. The Hall–Kier alpha value is -2.44. The van der Waals surface area contributed by atoms with Crippen LogP contribution in [0.5, 0.6) is 0 Å². The third-order valence-electron chi connectivity index (χ3n) is 6.02. The molecule has 2 amide bonds. The van der Waals surface area contributed by atoms with Gasteiger partial charge in [0.2, 0.25) is 21.8 Å². The minimum Gasteiger partial charge on any atom is -0.354 e. The third kappa shape index (κ3) is 9.61. The van der Waals surface area contributed by atoms with Crippen LogP contribution in [-0.4, -0.2) is 50.5 Å². The first kappa shape index (κ1) is 31.1. The van der Waals surface area contributed by atoms with E-state index in [2.05, 4.69) is 43.8 Å². The molecule has 3 aromatic carbocycles. The molecule has 0 radical (unpaired) electrons. The maximum absolute atomic E-state index is 14.0. The first-order valence-corrected chi connectivity index (χ1v) is 16.2. The summed E-state index contributed by atoms with van der Waals surface area (Å²) >= 11 is 5.58. The van der Waals surface area contributed by atoms with Crippen LogP contribution in [0.3, 0.4) is 0 Å². The summed E-state index contributed by atoms with van der Waals surface area (Å²) in [6, 6.07) is 23.1. The zero-order valence-corrected chi connectivity index (χ0v) is 26.7. The van der Waals surface area contributed by atoms with Crippen molar-refractivity contribution in [2.45, 2.75) is 32.9 Å². The predicted molar refractivity (Wildman–Crippen MR) is 168 cm³/mol. The number of hydrogen-bond donors (Lipinski definition) is 1. The molecule has 0 bridgehead atoms. The number of halogens is 2. The summed E-state index contributed by atoms with van der Waals surface area (Å²) in [7, 11) is -3.79. The van der Waals surface area contributed by atoms with Crippen molar-refractivity contribution in [2.75, 3.05) is 23.7 Å². The highest BCUT2D eigenvalue weighted by atomic mass is 127. The molecule has 0 fully saturated rings. The summed E-state index contributed by atoms with van der Waals surface area (Å²) in [6.45, 7) is 4.18. The molecule has 0 aliphatic rings. The quantitative estimate of drug-likeness (QED) is 0.259. The Labute approximate surface area is 253 Å². The van der Waals surface area contributed by atoms with Gasteiger partial charge in [-0.05, 0) is 76.0 Å². The van der Waals surface area contributed by atoms with E-state index in [0.717, 1.165) is 29.7 Å². The van der Waals surface area contributed by atoms with Crippen LogP contribution < -0.4 is 9.62 Å². The van der Waals surface area contributed by atoms with Gasteiger partial charge in [0.15, 0.2) is 0 Å². The fourth-order valence-electron chi connectivity index (χ4n) is 3.98. The highest BCUT2D eigenvalue weighted by Gasteiger charge is 2.33. The maximum atomic E-state index is 14.0. The van der Waals surface area contributed by atoms with Gasteiger partial charge >= 0.3 is 0 Å². The van der Waals surface area contributed by atoms with Crippen LogP contribution in [-0.2, 0) is 32.6 Å². The lowest BCUT2D eigenvalue weighted by atomic mass is 10.0. The van der Waals surface area contributed by atoms with Gasteiger partial charge in [-0.15, -0.1) is 0 Å². The van der Waals surface area contributed by atoms with Crippen molar-refractivity contribution in [3.05, 3.63) is 98.0 Å². The van der Waals surface area contributed by atoms with Gasteiger partial charge in [-0.1, -0.05) is 72.2 Å². The Balaban J connectivity index is 2.03. The van der Waals surface area contributed by atoms with Gasteiger partial charge in [0.05, 0.1) is 11.9 Å². The Morgan fingerprint density at radius 3 is 2.10 bits per heavy atom. The highest BCUT2D eigenvalue weighted by Crippen LogP contribution is 2.22. The number of carbonyl (C=O) groups is 2. The maximum Gasteiger partial charge on any atom is 0.244 e. The second-order valence-electron chi connectivity index (χ2n) is 9.74. The molecule has 39 heavy (non-hydrogen) atoms. The Kier molecular flexibility index (Phi) is 11.4. The van der Waals surface area contributed by atoms with Gasteiger partial charge in [0.25, 0.3) is 0 Å². The molecule has 0 aliphatic carbocycles. The molecular weight excluding hydrogens is 693 g/mol. The van der Waals surface area contributed by atoms with Crippen molar-refractivity contribution < 1.29 is 18.0 Å². The average molecular weight is 726 g/mol. The van der Waals surface area contributed by atoms with Gasteiger partial charge in [0, 0.05) is 27.6 Å². The number of rotatable bonds is 12. The van der Waals surface area contributed by atoms with Crippen molar-refractivity contribution in [3.8, 4) is 0 Å². The molecule has 1 unspecified atom stereocenters. The van der Waals surface area contributed by atoms with Crippen LogP contribution >= 0.6 is 38.5 Å². The minimum atomic E-state index is -3.79. The van der Waals surface area contributed by atoms with Crippen LogP contribution in [0.15, 0.2) is 83.3 Å². The van der Waals surface area contributed by atoms with E-state index in [-0.39, 0.29) is 24.8 Å². The zero-order valence-electron chi connectivity index (χ0n) is 22.2. The summed E-state index contributed by atoms with van der Waals surface area (Å²) in [5, 5.41) is 2.98. The van der Waals surface area contributed by atoms with Crippen molar-refractivity contribution >= 4 is 66.0 Å². The molecular formula is C29H33BrIN3O4S. The fraction of sp³-hybridized carbons (Fsp3) is 0.310. The molecule has 0 heterocycles. The van der Waals surface area contributed by atoms with E-state index in [9.17, 15) is 18.0 Å². The lowest BCUT2D eigenvalue weighted by Crippen LogP contribution is -2.53. The largest absolute Gasteiger partial charge is 0.354 e. The van der Waals surface area contributed by atoms with E-state index in [4.69, 9.17) is 0 Å². The number of benzene rings is 3. The van der Waals surface area contributed by atoms with Gasteiger partial charge in [-0.2, -0.15) is 0 Å². The summed E-state index contributed by atoms with van der Waals surface area (Å²) in [6.07, 6.45) is 1.36. The summed E-state index contributed by atoms with van der Waals surface area (Å²) < 4.78 is 28.5. The molecule has 10 heteroatoms. The number of anilines is 1. The van der Waals surface area contributed by atoms with E-state index in [0.29, 0.717) is 12.2 Å². The van der Waals surface area contributed by atoms with Crippen LogP contribution in [0.4, 0.5) is 5.69 Å². The summed E-state index contributed by atoms with van der Waals surface area (Å²) in [5.41, 5.74) is 2.11. The standard InChI is InChI=1S/C29H33BrIN3O4S/c1-21(2)18-32-29(36)27(17-22-7-5-4-6-8-22)33(19-23-9-11-24(30)12-10-23)28(35)20-34(39(3,37)38)26-15-13-25(31)14-16-26/h4-16,21,27H,17-20H2,1-3H3,(H,32,36). The molecule has 1 N–H and O–H groups in total. The molecule has 0 aliphatic heterocycles. The van der Waals surface area contributed by atoms with Crippen LogP contribution in [0.25, 0.3) is 0 Å². The minimum absolute atomic E-state index is 0.142. The van der Waals surface area contributed by atoms with E-state index in [1.54, 1.807) is 24.3 Å². The summed E-state index contributed by atoms with van der Waals surface area (Å²) in [5.74, 6) is -0.524. The van der Waals surface area contributed by atoms with Crippen LogP contribution in [0, 0.1) is 9.49 Å². The first-order valence-electron chi connectivity index (χ1n) is 12.5. The molecule has 0 saturated carbocycles. The molecule has 1 atom stereocenters. The molecule has 0 spiro atoms. The smallest absolute Gasteiger partial charge is 0.244 e. The first-order chi connectivity index (χ1) is 18.4. The molecule has 3 rings (SSSR count). The topological polar surface area (TPSA) is 86.8 Å². The van der Waals surface area contributed by atoms with Gasteiger partial charge in [0.1, 0.15) is 12.6 Å². The molecule has 7 nitrogen and oxygen atoms in total. The van der Waals surface area contributed by atoms with Crippen molar-refractivity contribution in [2.24, 2.45) is 5.92 Å². The Bertz CT molecular complexity index is 1350. The second-order valence-corrected chi connectivity index (χ2v) is 13.8. The van der Waals surface area contributed by atoms with Crippen molar-refractivity contribution in [1.29, 1.82) is 0 Å². The predicted octanol–water partition coefficient (Wildman–Crippen LogP) is 5.23. The number of carbonyl (C=O) groups excluding carboxylic acids is 2. The molecule has 0 aromatic heterocycles. The van der Waals surface area contributed by atoms with Crippen LogP contribution in [0.1, 0.15) is 25.0 Å². The van der Waals surface area contributed by atoms with E-state index >= 15 is 0 Å². The monoisotopic (exact) mass is 725 g/mol. The van der Waals surface area contributed by atoms with Gasteiger partial charge in [-0.25, -0.2) is 8.42 Å². The van der Waals surface area contributed by atoms with Crippen molar-refractivity contribution in [1.82, 2.24) is 10.2 Å². The van der Waals surface area contributed by atoms with Gasteiger partial charge < -0.3 is 10.2 Å². The fourth-order valence-corrected chi connectivity index (χ4v) is 5.46. The third-order valence-corrected chi connectivity index (χ3v) is 8.40. The molecule has 0 saturated heterocycles. The van der Waals surface area contributed by atoms with E-state index < -0.39 is 28.5 Å². The second kappa shape index (κ2) is 14.3. The Morgan fingerprint density at radius 1 is 0.923 bits per heavy atom. The number of nitrogens with zero attached hydrogens (tertiary/aromatic N) is 2. The normalized spacial score (nSPS) is 12.2. The average Bonchev–Trinajstić information content (AvgIpc) is 2.89. The molecule has 208 valence electrons. The SMILES string of the molecule is CC(C)CNC(=O)C(Cc1ccccc1)N(Cc1ccc(Br)cc1)C(=O)CN(c1ccc(I)cc1)S(C)(=O)=O. The zero-order chi connectivity index (χ0) is 28.6. The van der Waals surface area contributed by atoms with E-state index in [1.807, 2.05) is 68.4 Å². The lowest BCUT2D eigenvalue weighted by Gasteiger charge is -2.33. The Morgan fingerprint density at radius 2 is 1.54 bits per heavy atom. The highest BCUT2D eigenvalue weighted by molar-refractivity contribution is 14.1. The van der Waals surface area contributed by atoms with Crippen molar-refractivity contribution in [3.63, 3.8) is 0 Å². The van der Waals surface area contributed by atoms with E-state index in [1.165, 1.54) is 4.90 Å². The van der Waals surface area contributed by atoms with Crippen LogP contribution in [0.2, 0.25) is 0 Å². The number of amides is 2. The number of hydrogen-bond acceptors (Lipinski definition) is 4. The number of nitrogens with one attached hydrogen (secondary N) is 1. The lowest BCUT2D eigenvalue weighted by molar-refractivity contribution is -0.140. The van der Waals surface area contributed by atoms with Gasteiger partial charge in [-0.3, -0.25) is 13.9 Å². The summed E-state index contributed by atoms with van der Waals surface area (Å²) in [4.78, 5) is 29.1.